The molecule has 2 N–H and O–H groups in total. The summed E-state index contributed by atoms with van der Waals surface area (Å²) < 4.78 is 25.8. The van der Waals surface area contributed by atoms with Crippen LogP contribution in [0.2, 0.25) is 5.02 Å². The van der Waals surface area contributed by atoms with Gasteiger partial charge in [0.15, 0.2) is 0 Å². The maximum atomic E-state index is 15.3. The fraction of sp³-hybridized carbons (Fsp3) is 0.300. The van der Waals surface area contributed by atoms with E-state index in [4.69, 9.17) is 21.1 Å². The Morgan fingerprint density at radius 3 is 2.37 bits per heavy atom. The van der Waals surface area contributed by atoms with E-state index < -0.39 is 35.4 Å². The fourth-order valence-corrected chi connectivity index (χ4v) is 5.31. The first-order valence-corrected chi connectivity index (χ1v) is 14.2. The molecule has 4 rings (SSSR count). The van der Waals surface area contributed by atoms with E-state index in [0.717, 1.165) is 11.1 Å². The monoisotopic (exact) mass is 599 g/mol. The smallest absolute Gasteiger partial charge is 0.408 e. The molecule has 0 aliphatic carbocycles. The molecular weight excluding hydrogens is 569 g/mol. The molecule has 0 saturated carbocycles. The Hall–Kier alpha value is -3.76. The zero-order valence-corrected chi connectivity index (χ0v) is 24.7. The summed E-state index contributed by atoms with van der Waals surface area (Å²) in [4.78, 5) is 41.3. The van der Waals surface area contributed by atoms with Crippen LogP contribution in [-0.4, -0.2) is 42.4 Å². The standard InChI is InChI=1S/C30H31ClFN3O5S/c1-30(2,3)40-29(38)34-24-17-41-26-14-23(32)22(27(36)33-15-18-7-11-21(39-4)12-8-18)13-25(26)35(28(24)37)16-19-5-9-20(31)10-6-19/h5-14,24H,15-17H2,1-4H3,(H,33,36)(H,34,38)/t24-/m0/s1. The summed E-state index contributed by atoms with van der Waals surface area (Å²) in [7, 11) is 1.56. The van der Waals surface area contributed by atoms with Gasteiger partial charge in [-0.15, -0.1) is 11.8 Å². The summed E-state index contributed by atoms with van der Waals surface area (Å²) >= 11 is 7.26. The van der Waals surface area contributed by atoms with Gasteiger partial charge in [-0.25, -0.2) is 9.18 Å². The normalized spacial score (nSPS) is 15.0. The van der Waals surface area contributed by atoms with Crippen molar-refractivity contribution < 1.29 is 28.2 Å². The van der Waals surface area contributed by atoms with Gasteiger partial charge in [0.05, 0.1) is 24.9 Å². The van der Waals surface area contributed by atoms with Crippen LogP contribution in [0.5, 0.6) is 5.75 Å². The zero-order valence-electron chi connectivity index (χ0n) is 23.1. The molecule has 0 radical (unpaired) electrons. The molecule has 1 aliphatic heterocycles. The SMILES string of the molecule is COc1ccc(CNC(=O)c2cc3c(cc2F)SC[C@H](NC(=O)OC(C)(C)C)C(=O)N3Cc2ccc(Cl)cc2)cc1. The van der Waals surface area contributed by atoms with Gasteiger partial charge < -0.3 is 25.0 Å². The summed E-state index contributed by atoms with van der Waals surface area (Å²) in [6, 6.07) is 15.8. The number of hydrogen-bond donors (Lipinski definition) is 2. The molecule has 3 amide bonds. The van der Waals surface area contributed by atoms with Gasteiger partial charge in [-0.3, -0.25) is 9.59 Å². The van der Waals surface area contributed by atoms with Crippen molar-refractivity contribution in [3.8, 4) is 5.75 Å². The summed E-state index contributed by atoms with van der Waals surface area (Å²) in [5, 5.41) is 5.92. The van der Waals surface area contributed by atoms with Crippen molar-refractivity contribution in [2.75, 3.05) is 17.8 Å². The first kappa shape index (κ1) is 30.2. The average molecular weight is 600 g/mol. The van der Waals surface area contributed by atoms with E-state index in [1.165, 1.54) is 28.8 Å². The Labute approximate surface area is 247 Å². The predicted molar refractivity (Wildman–Crippen MR) is 157 cm³/mol. The molecule has 0 spiro atoms. The molecule has 11 heteroatoms. The molecule has 0 fully saturated rings. The number of rotatable bonds is 7. The molecule has 0 unspecified atom stereocenters. The quantitative estimate of drug-likeness (QED) is 0.348. The maximum absolute atomic E-state index is 15.3. The van der Waals surface area contributed by atoms with Crippen molar-refractivity contribution in [1.29, 1.82) is 0 Å². The number of carbonyl (C=O) groups excluding carboxylic acids is 3. The van der Waals surface area contributed by atoms with Gasteiger partial charge in [-0.05, 0) is 68.3 Å². The second-order valence-electron chi connectivity index (χ2n) is 10.4. The number of methoxy groups -OCH3 is 1. The minimum atomic E-state index is -0.954. The number of halogens is 2. The summed E-state index contributed by atoms with van der Waals surface area (Å²) in [5.74, 6) is -0.948. The second kappa shape index (κ2) is 12.8. The largest absolute Gasteiger partial charge is 0.497 e. The number of anilines is 1. The van der Waals surface area contributed by atoms with Crippen LogP contribution in [0.15, 0.2) is 65.6 Å². The maximum Gasteiger partial charge on any atom is 0.408 e. The van der Waals surface area contributed by atoms with Crippen molar-refractivity contribution in [2.24, 2.45) is 0 Å². The highest BCUT2D eigenvalue weighted by Gasteiger charge is 2.34. The number of thioether (sulfide) groups is 1. The first-order valence-electron chi connectivity index (χ1n) is 12.9. The van der Waals surface area contributed by atoms with E-state index in [1.54, 1.807) is 76.4 Å². The number of benzene rings is 3. The Bertz CT molecular complexity index is 1430. The third kappa shape index (κ3) is 7.92. The van der Waals surface area contributed by atoms with Gasteiger partial charge in [0, 0.05) is 22.2 Å². The molecule has 0 bridgehead atoms. The van der Waals surface area contributed by atoms with Gasteiger partial charge in [0.1, 0.15) is 23.2 Å². The third-order valence-electron chi connectivity index (χ3n) is 6.11. The number of carbonyl (C=O) groups is 3. The van der Waals surface area contributed by atoms with Crippen LogP contribution >= 0.6 is 23.4 Å². The van der Waals surface area contributed by atoms with Crippen molar-refractivity contribution in [1.82, 2.24) is 10.6 Å². The molecule has 0 aromatic heterocycles. The fourth-order valence-electron chi connectivity index (χ4n) is 4.11. The molecule has 216 valence electrons. The second-order valence-corrected chi connectivity index (χ2v) is 11.9. The van der Waals surface area contributed by atoms with E-state index in [-0.39, 0.29) is 24.4 Å². The highest BCUT2D eigenvalue weighted by atomic mass is 35.5. The number of nitrogens with zero attached hydrogens (tertiary/aromatic N) is 1. The van der Waals surface area contributed by atoms with Crippen LogP contribution in [0.4, 0.5) is 14.9 Å². The predicted octanol–water partition coefficient (Wildman–Crippen LogP) is 5.95. The lowest BCUT2D eigenvalue weighted by atomic mass is 10.1. The van der Waals surface area contributed by atoms with Crippen LogP contribution < -0.4 is 20.3 Å². The third-order valence-corrected chi connectivity index (χ3v) is 7.50. The number of fused-ring (bicyclic) bond motifs is 1. The van der Waals surface area contributed by atoms with Gasteiger partial charge in [0.2, 0.25) is 0 Å². The Balaban J connectivity index is 1.63. The Morgan fingerprint density at radius 1 is 1.07 bits per heavy atom. The summed E-state index contributed by atoms with van der Waals surface area (Å²) in [6.45, 7) is 5.45. The average Bonchev–Trinajstić information content (AvgIpc) is 3.03. The lowest BCUT2D eigenvalue weighted by Gasteiger charge is -2.27. The highest BCUT2D eigenvalue weighted by Crippen LogP contribution is 2.37. The van der Waals surface area contributed by atoms with Crippen molar-refractivity contribution >= 4 is 47.0 Å². The van der Waals surface area contributed by atoms with Crippen molar-refractivity contribution in [2.45, 2.75) is 50.4 Å². The Morgan fingerprint density at radius 2 is 1.73 bits per heavy atom. The van der Waals surface area contributed by atoms with Gasteiger partial charge in [-0.2, -0.15) is 0 Å². The molecule has 1 heterocycles. The van der Waals surface area contributed by atoms with Gasteiger partial charge >= 0.3 is 6.09 Å². The highest BCUT2D eigenvalue weighted by molar-refractivity contribution is 7.99. The molecule has 0 saturated heterocycles. The van der Waals surface area contributed by atoms with Crippen LogP contribution in [0.25, 0.3) is 0 Å². The molecule has 41 heavy (non-hydrogen) atoms. The number of hydrogen-bond acceptors (Lipinski definition) is 6. The summed E-state index contributed by atoms with van der Waals surface area (Å²) in [5.41, 5.74) is 0.963. The number of ether oxygens (including phenoxy) is 2. The van der Waals surface area contributed by atoms with Crippen LogP contribution in [0.1, 0.15) is 42.3 Å². The molecule has 8 nitrogen and oxygen atoms in total. The summed E-state index contributed by atoms with van der Waals surface area (Å²) in [6.07, 6.45) is -0.737. The van der Waals surface area contributed by atoms with E-state index >= 15 is 4.39 Å². The molecule has 3 aromatic rings. The molecule has 1 aliphatic rings. The van der Waals surface area contributed by atoms with Gasteiger partial charge in [-0.1, -0.05) is 35.9 Å². The van der Waals surface area contributed by atoms with Crippen LogP contribution in [0, 0.1) is 5.82 Å². The molecular formula is C30H31ClFN3O5S. The lowest BCUT2D eigenvalue weighted by molar-refractivity contribution is -0.120. The van der Waals surface area contributed by atoms with Crippen LogP contribution in [0.3, 0.4) is 0 Å². The molecule has 1 atom stereocenters. The zero-order chi connectivity index (χ0) is 29.7. The Kier molecular flexibility index (Phi) is 9.45. The van der Waals surface area contributed by atoms with Gasteiger partial charge in [0.25, 0.3) is 11.8 Å². The van der Waals surface area contributed by atoms with Crippen molar-refractivity contribution in [3.05, 3.63) is 88.2 Å². The number of nitrogens with one attached hydrogen (secondary N) is 2. The lowest BCUT2D eigenvalue weighted by Crippen LogP contribution is -2.50. The molecule has 3 aromatic carbocycles. The van der Waals surface area contributed by atoms with Crippen molar-refractivity contribution in [3.63, 3.8) is 0 Å². The van der Waals surface area contributed by atoms with E-state index in [0.29, 0.717) is 21.4 Å². The van der Waals surface area contributed by atoms with E-state index in [2.05, 4.69) is 10.6 Å². The number of alkyl carbamates (subject to hydrolysis) is 1. The first-order chi connectivity index (χ1) is 19.4. The van der Waals surface area contributed by atoms with E-state index in [9.17, 15) is 14.4 Å². The minimum absolute atomic E-state index is 0.106. The van der Waals surface area contributed by atoms with Crippen LogP contribution in [-0.2, 0) is 22.6 Å². The minimum Gasteiger partial charge on any atom is -0.497 e. The number of amides is 3. The van der Waals surface area contributed by atoms with E-state index in [1.807, 2.05) is 0 Å². The topological polar surface area (TPSA) is 97.0 Å².